The minimum Gasteiger partial charge on any atom is -0.476 e. The van der Waals surface area contributed by atoms with Crippen LogP contribution in [0.4, 0.5) is 5.82 Å². The molecular formula is C13H17N3O4. The maximum atomic E-state index is 11.7. The third-order valence-corrected chi connectivity index (χ3v) is 3.23. The van der Waals surface area contributed by atoms with E-state index in [1.807, 2.05) is 0 Å². The largest absolute Gasteiger partial charge is 0.476 e. The summed E-state index contributed by atoms with van der Waals surface area (Å²) in [6, 6.07) is 3.28. The van der Waals surface area contributed by atoms with Gasteiger partial charge in [0, 0.05) is 13.0 Å². The van der Waals surface area contributed by atoms with Crippen molar-refractivity contribution in [2.45, 2.75) is 38.6 Å². The third kappa shape index (κ3) is 3.66. The van der Waals surface area contributed by atoms with Gasteiger partial charge in [0.05, 0.1) is 0 Å². The number of carbonyl (C=O) groups is 1. The summed E-state index contributed by atoms with van der Waals surface area (Å²) in [7, 11) is 0. The summed E-state index contributed by atoms with van der Waals surface area (Å²) >= 11 is 0. The molecule has 0 aliphatic heterocycles. The van der Waals surface area contributed by atoms with Crippen LogP contribution in [0, 0.1) is 17.0 Å². The number of nitro groups is 1. The van der Waals surface area contributed by atoms with Crippen LogP contribution in [0.5, 0.6) is 5.75 Å². The number of ether oxygens (including phenoxy) is 1. The molecule has 1 aliphatic rings. The Morgan fingerprint density at radius 3 is 2.85 bits per heavy atom. The monoisotopic (exact) mass is 279 g/mol. The van der Waals surface area contributed by atoms with E-state index in [1.54, 1.807) is 13.0 Å². The quantitative estimate of drug-likeness (QED) is 0.654. The number of hydrogen-bond acceptors (Lipinski definition) is 5. The number of amides is 1. The van der Waals surface area contributed by atoms with Crippen LogP contribution in [0.1, 0.15) is 31.4 Å². The summed E-state index contributed by atoms with van der Waals surface area (Å²) < 4.78 is 5.21. The summed E-state index contributed by atoms with van der Waals surface area (Å²) in [6.07, 6.45) is 4.22. The zero-order chi connectivity index (χ0) is 14.5. The molecule has 0 bridgehead atoms. The minimum absolute atomic E-state index is 0.0159. The minimum atomic E-state index is -0.614. The molecule has 0 atom stereocenters. The predicted octanol–water partition coefficient (Wildman–Crippen LogP) is 1.74. The van der Waals surface area contributed by atoms with Gasteiger partial charge in [-0.05, 0) is 34.9 Å². The molecule has 0 aromatic carbocycles. The lowest BCUT2D eigenvalue weighted by molar-refractivity contribution is -0.390. The second-order valence-corrected chi connectivity index (χ2v) is 4.87. The highest BCUT2D eigenvalue weighted by molar-refractivity contribution is 5.78. The smallest absolute Gasteiger partial charge is 0.406 e. The highest BCUT2D eigenvalue weighted by atomic mass is 16.6. The van der Waals surface area contributed by atoms with E-state index in [0.29, 0.717) is 5.69 Å². The molecule has 1 aromatic heterocycles. The Morgan fingerprint density at radius 1 is 1.50 bits per heavy atom. The zero-order valence-corrected chi connectivity index (χ0v) is 11.3. The van der Waals surface area contributed by atoms with Gasteiger partial charge in [0.15, 0.2) is 6.61 Å². The average Bonchev–Trinajstić information content (AvgIpc) is 2.90. The summed E-state index contributed by atoms with van der Waals surface area (Å²) in [4.78, 5) is 25.7. The first-order chi connectivity index (χ1) is 9.56. The zero-order valence-electron chi connectivity index (χ0n) is 11.3. The highest BCUT2D eigenvalue weighted by Gasteiger charge is 2.20. The Labute approximate surface area is 116 Å². The maximum Gasteiger partial charge on any atom is 0.406 e. The van der Waals surface area contributed by atoms with Gasteiger partial charge in [0.1, 0.15) is 5.69 Å². The van der Waals surface area contributed by atoms with E-state index >= 15 is 0 Å². The van der Waals surface area contributed by atoms with Gasteiger partial charge in [-0.2, -0.15) is 0 Å². The molecule has 1 aliphatic carbocycles. The molecule has 0 spiro atoms. The number of nitrogens with one attached hydrogen (secondary N) is 1. The molecule has 0 radical (unpaired) electrons. The molecule has 20 heavy (non-hydrogen) atoms. The molecular weight excluding hydrogens is 262 g/mol. The molecule has 7 nitrogen and oxygen atoms in total. The van der Waals surface area contributed by atoms with Crippen LogP contribution in [0.2, 0.25) is 0 Å². The van der Waals surface area contributed by atoms with E-state index in [2.05, 4.69) is 10.3 Å². The Morgan fingerprint density at radius 2 is 2.20 bits per heavy atom. The first-order valence-corrected chi connectivity index (χ1v) is 6.60. The van der Waals surface area contributed by atoms with Crippen LogP contribution < -0.4 is 10.1 Å². The second-order valence-electron chi connectivity index (χ2n) is 4.87. The van der Waals surface area contributed by atoms with E-state index in [4.69, 9.17) is 4.74 Å². The molecule has 1 saturated carbocycles. The first kappa shape index (κ1) is 14.2. The highest BCUT2D eigenvalue weighted by Crippen LogP contribution is 2.24. The topological polar surface area (TPSA) is 94.4 Å². The summed E-state index contributed by atoms with van der Waals surface area (Å²) in [5, 5.41) is 13.7. The Balaban J connectivity index is 1.93. The maximum absolute atomic E-state index is 11.7. The molecule has 1 aromatic rings. The molecule has 0 saturated heterocycles. The summed E-state index contributed by atoms with van der Waals surface area (Å²) in [5.74, 6) is -0.604. The van der Waals surface area contributed by atoms with Crippen LogP contribution >= 0.6 is 0 Å². The second kappa shape index (κ2) is 6.31. The Kier molecular flexibility index (Phi) is 4.49. The van der Waals surface area contributed by atoms with Crippen LogP contribution in [0.25, 0.3) is 0 Å². The van der Waals surface area contributed by atoms with Gasteiger partial charge < -0.3 is 20.2 Å². The lowest BCUT2D eigenvalue weighted by Crippen LogP contribution is -2.36. The average molecular weight is 279 g/mol. The van der Waals surface area contributed by atoms with E-state index < -0.39 is 4.92 Å². The molecule has 108 valence electrons. The van der Waals surface area contributed by atoms with Gasteiger partial charge >= 0.3 is 5.82 Å². The molecule has 0 unspecified atom stereocenters. The van der Waals surface area contributed by atoms with E-state index in [9.17, 15) is 14.9 Å². The number of hydrogen-bond donors (Lipinski definition) is 1. The van der Waals surface area contributed by atoms with Crippen molar-refractivity contribution in [1.29, 1.82) is 0 Å². The fourth-order valence-corrected chi connectivity index (χ4v) is 2.26. The van der Waals surface area contributed by atoms with Crippen molar-refractivity contribution >= 4 is 11.7 Å². The molecule has 1 heterocycles. The van der Waals surface area contributed by atoms with Crippen molar-refractivity contribution in [3.63, 3.8) is 0 Å². The van der Waals surface area contributed by atoms with Gasteiger partial charge in [-0.25, -0.2) is 0 Å². The number of carbonyl (C=O) groups excluding carboxylic acids is 1. The van der Waals surface area contributed by atoms with Gasteiger partial charge in [-0.1, -0.05) is 12.8 Å². The first-order valence-electron chi connectivity index (χ1n) is 6.60. The molecule has 1 amide bonds. The Bertz CT molecular complexity index is 512. The molecule has 1 fully saturated rings. The fraction of sp³-hybridized carbons (Fsp3) is 0.538. The van der Waals surface area contributed by atoms with Gasteiger partial charge in [0.25, 0.3) is 5.91 Å². The van der Waals surface area contributed by atoms with Crippen molar-refractivity contribution < 1.29 is 14.5 Å². The van der Waals surface area contributed by atoms with E-state index in [-0.39, 0.29) is 30.1 Å². The number of aryl methyl sites for hydroxylation is 1. The number of pyridine rings is 1. The van der Waals surface area contributed by atoms with Crippen LogP contribution in [-0.2, 0) is 4.79 Å². The lowest BCUT2D eigenvalue weighted by Gasteiger charge is -2.12. The van der Waals surface area contributed by atoms with Crippen molar-refractivity contribution in [2.24, 2.45) is 0 Å². The van der Waals surface area contributed by atoms with Crippen molar-refractivity contribution in [3.8, 4) is 5.75 Å². The van der Waals surface area contributed by atoms with Gasteiger partial charge in [-0.3, -0.25) is 4.79 Å². The summed E-state index contributed by atoms with van der Waals surface area (Å²) in [6.45, 7) is 1.42. The van der Waals surface area contributed by atoms with E-state index in [0.717, 1.165) is 25.7 Å². The normalized spacial score (nSPS) is 15.1. The number of nitrogens with zero attached hydrogens (tertiary/aromatic N) is 2. The van der Waals surface area contributed by atoms with Gasteiger partial charge in [-0.15, -0.1) is 0 Å². The molecule has 2 rings (SSSR count). The van der Waals surface area contributed by atoms with Crippen LogP contribution in [0.3, 0.4) is 0 Å². The standard InChI is InChI=1S/C13H17N3O4/c1-9-6-7-11(13(14-9)16(18)19)20-8-12(17)15-10-4-2-3-5-10/h6-7,10H,2-5,8H2,1H3,(H,15,17). The summed E-state index contributed by atoms with van der Waals surface area (Å²) in [5.41, 5.74) is 0.527. The van der Waals surface area contributed by atoms with Crippen molar-refractivity contribution in [2.75, 3.05) is 6.61 Å². The Hall–Kier alpha value is -2.18. The fourth-order valence-electron chi connectivity index (χ4n) is 2.26. The SMILES string of the molecule is Cc1ccc(OCC(=O)NC2CCCC2)c([N+](=O)[O-])n1. The van der Waals surface area contributed by atoms with Crippen LogP contribution in [0.15, 0.2) is 12.1 Å². The molecule has 1 N–H and O–H groups in total. The van der Waals surface area contributed by atoms with Crippen molar-refractivity contribution in [3.05, 3.63) is 27.9 Å². The third-order valence-electron chi connectivity index (χ3n) is 3.23. The number of rotatable bonds is 5. The van der Waals surface area contributed by atoms with Crippen LogP contribution in [-0.4, -0.2) is 28.5 Å². The molecule has 7 heteroatoms. The van der Waals surface area contributed by atoms with E-state index in [1.165, 1.54) is 6.07 Å². The van der Waals surface area contributed by atoms with Crippen molar-refractivity contribution in [1.82, 2.24) is 10.3 Å². The number of aromatic nitrogens is 1. The predicted molar refractivity (Wildman–Crippen MR) is 71.5 cm³/mol. The lowest BCUT2D eigenvalue weighted by atomic mass is 10.2. The van der Waals surface area contributed by atoms with Gasteiger partial charge in [0.2, 0.25) is 5.75 Å².